The molecule has 1 heterocycles. The molecule has 0 aliphatic heterocycles. The van der Waals surface area contributed by atoms with E-state index in [1.54, 1.807) is 12.1 Å². The number of hydrogen-bond donors (Lipinski definition) is 1. The molecular weight excluding hydrogens is 409 g/mol. The number of aryl methyl sites for hydroxylation is 2. The molecule has 0 saturated carbocycles. The molecule has 0 fully saturated rings. The van der Waals surface area contributed by atoms with Gasteiger partial charge in [-0.05, 0) is 31.5 Å². The molecule has 5 heteroatoms. The number of H-pyrrole nitrogens is 1. The molecule has 0 atom stereocenters. The molecule has 3 aromatic rings. The van der Waals surface area contributed by atoms with E-state index in [1.165, 1.54) is 0 Å². The van der Waals surface area contributed by atoms with Crippen molar-refractivity contribution in [1.29, 1.82) is 0 Å². The molecule has 3 nitrogen and oxygen atoms in total. The van der Waals surface area contributed by atoms with E-state index in [9.17, 15) is 8.42 Å². The molecule has 1 N–H and O–H groups in total. The fourth-order valence-electron chi connectivity index (χ4n) is 2.58. The van der Waals surface area contributed by atoms with Gasteiger partial charge in [0.2, 0.25) is 9.84 Å². The van der Waals surface area contributed by atoms with Gasteiger partial charge in [-0.15, -0.1) is 0 Å². The Hall–Kier alpha value is -1.34. The van der Waals surface area contributed by atoms with Crippen LogP contribution in [0.4, 0.5) is 0 Å². The summed E-state index contributed by atoms with van der Waals surface area (Å²) in [5.74, 6) is 0. The molecular formula is C17H16INO2S. The van der Waals surface area contributed by atoms with Crippen molar-refractivity contribution in [3.05, 3.63) is 59.8 Å². The summed E-state index contributed by atoms with van der Waals surface area (Å²) in [5.41, 5.74) is 2.70. The number of aromatic amines is 1. The van der Waals surface area contributed by atoms with E-state index >= 15 is 0 Å². The monoisotopic (exact) mass is 425 g/mol. The SMILES string of the molecule is Cc1ccc(S(=O)(=O)c2c(CCI)[nH]c3ccccc23)cc1. The number of sulfone groups is 1. The number of hydrogen-bond acceptors (Lipinski definition) is 2. The minimum absolute atomic E-state index is 0.345. The molecule has 0 aliphatic carbocycles. The van der Waals surface area contributed by atoms with Crippen LogP contribution in [0.3, 0.4) is 0 Å². The Morgan fingerprint density at radius 3 is 2.41 bits per heavy atom. The van der Waals surface area contributed by atoms with Gasteiger partial charge in [-0.1, -0.05) is 58.5 Å². The van der Waals surface area contributed by atoms with Crippen molar-refractivity contribution in [3.8, 4) is 0 Å². The van der Waals surface area contributed by atoms with E-state index in [4.69, 9.17) is 0 Å². The highest BCUT2D eigenvalue weighted by Crippen LogP contribution is 2.32. The molecule has 0 radical (unpaired) electrons. The Kier molecular flexibility index (Phi) is 4.27. The van der Waals surface area contributed by atoms with Gasteiger partial charge in [0.1, 0.15) is 4.90 Å². The van der Waals surface area contributed by atoms with Gasteiger partial charge in [0, 0.05) is 21.0 Å². The Bertz CT molecular complexity index is 911. The topological polar surface area (TPSA) is 49.9 Å². The molecule has 0 spiro atoms. The maximum atomic E-state index is 13.1. The third kappa shape index (κ3) is 2.67. The van der Waals surface area contributed by atoms with Gasteiger partial charge in [0.05, 0.1) is 4.90 Å². The van der Waals surface area contributed by atoms with Crippen molar-refractivity contribution in [2.75, 3.05) is 4.43 Å². The first-order chi connectivity index (χ1) is 10.5. The standard InChI is InChI=1S/C17H16INO2S/c1-12-6-8-13(9-7-12)22(20,21)17-14-4-2-3-5-15(14)19-16(17)10-11-18/h2-9,19H,10-11H2,1H3. The molecule has 2 aromatic carbocycles. The van der Waals surface area contributed by atoms with Crippen LogP contribution in [0.25, 0.3) is 10.9 Å². The van der Waals surface area contributed by atoms with Crippen LogP contribution in [0.15, 0.2) is 58.3 Å². The number of alkyl halides is 1. The van der Waals surface area contributed by atoms with Gasteiger partial charge in [-0.3, -0.25) is 0 Å². The quantitative estimate of drug-likeness (QED) is 0.501. The summed E-state index contributed by atoms with van der Waals surface area (Å²) >= 11 is 2.26. The first-order valence-electron chi connectivity index (χ1n) is 7.01. The van der Waals surface area contributed by atoms with Crippen LogP contribution in [-0.2, 0) is 16.3 Å². The highest BCUT2D eigenvalue weighted by molar-refractivity contribution is 14.1. The van der Waals surface area contributed by atoms with Crippen molar-refractivity contribution in [1.82, 2.24) is 4.98 Å². The molecule has 114 valence electrons. The van der Waals surface area contributed by atoms with Crippen molar-refractivity contribution >= 4 is 43.3 Å². The minimum atomic E-state index is -3.53. The first kappa shape index (κ1) is 15.6. The summed E-state index contributed by atoms with van der Waals surface area (Å²) < 4.78 is 27.0. The van der Waals surface area contributed by atoms with Crippen LogP contribution in [0, 0.1) is 6.92 Å². The average Bonchev–Trinajstić information content (AvgIpc) is 2.86. The van der Waals surface area contributed by atoms with Gasteiger partial charge < -0.3 is 4.98 Å². The molecule has 0 aliphatic rings. The second-order valence-corrected chi connectivity index (χ2v) is 8.20. The third-order valence-electron chi connectivity index (χ3n) is 3.68. The van der Waals surface area contributed by atoms with Gasteiger partial charge in [0.25, 0.3) is 0 Å². The van der Waals surface area contributed by atoms with Crippen molar-refractivity contribution in [3.63, 3.8) is 0 Å². The largest absolute Gasteiger partial charge is 0.357 e. The first-order valence-corrected chi connectivity index (χ1v) is 10.0. The Balaban J connectivity index is 2.27. The van der Waals surface area contributed by atoms with Gasteiger partial charge in [-0.25, -0.2) is 8.42 Å². The Morgan fingerprint density at radius 2 is 1.73 bits per heavy atom. The molecule has 3 rings (SSSR count). The van der Waals surface area contributed by atoms with E-state index in [1.807, 2.05) is 43.3 Å². The average molecular weight is 425 g/mol. The summed E-state index contributed by atoms with van der Waals surface area (Å²) in [6.07, 6.45) is 0.704. The number of nitrogens with one attached hydrogen (secondary N) is 1. The molecule has 0 saturated heterocycles. The molecule has 22 heavy (non-hydrogen) atoms. The van der Waals surface area contributed by atoms with Gasteiger partial charge >= 0.3 is 0 Å². The van der Waals surface area contributed by atoms with E-state index in [2.05, 4.69) is 27.6 Å². The predicted octanol–water partition coefficient (Wildman–Crippen LogP) is 4.29. The number of benzene rings is 2. The Labute approximate surface area is 143 Å². The molecule has 0 unspecified atom stereocenters. The van der Waals surface area contributed by atoms with Crippen LogP contribution in [0.5, 0.6) is 0 Å². The number of para-hydroxylation sites is 1. The Morgan fingerprint density at radius 1 is 1.05 bits per heavy atom. The third-order valence-corrected chi connectivity index (χ3v) is 6.11. The van der Waals surface area contributed by atoms with Gasteiger partial charge in [0.15, 0.2) is 0 Å². The summed E-state index contributed by atoms with van der Waals surface area (Å²) in [6.45, 7) is 1.95. The van der Waals surface area contributed by atoms with Crippen LogP contribution < -0.4 is 0 Å². The normalized spacial score (nSPS) is 11.9. The second-order valence-electron chi connectivity index (χ2n) is 5.23. The summed E-state index contributed by atoms with van der Waals surface area (Å²) in [7, 11) is -3.53. The van der Waals surface area contributed by atoms with Crippen molar-refractivity contribution in [2.45, 2.75) is 23.1 Å². The zero-order valence-electron chi connectivity index (χ0n) is 12.1. The van der Waals surface area contributed by atoms with E-state index in [-0.39, 0.29) is 0 Å². The van der Waals surface area contributed by atoms with Crippen LogP contribution in [-0.4, -0.2) is 17.8 Å². The summed E-state index contributed by atoms with van der Waals surface area (Å²) in [6, 6.07) is 14.6. The maximum absolute atomic E-state index is 13.1. The highest BCUT2D eigenvalue weighted by Gasteiger charge is 2.25. The number of halogens is 1. The zero-order chi connectivity index (χ0) is 15.7. The fourth-order valence-corrected chi connectivity index (χ4v) is 4.80. The number of aromatic nitrogens is 1. The van der Waals surface area contributed by atoms with Crippen LogP contribution in [0.2, 0.25) is 0 Å². The fraction of sp³-hybridized carbons (Fsp3) is 0.176. The minimum Gasteiger partial charge on any atom is -0.357 e. The van der Waals surface area contributed by atoms with Crippen LogP contribution in [0.1, 0.15) is 11.3 Å². The highest BCUT2D eigenvalue weighted by atomic mass is 127. The summed E-state index contributed by atoms with van der Waals surface area (Å²) in [4.78, 5) is 4.03. The lowest BCUT2D eigenvalue weighted by atomic mass is 10.2. The smallest absolute Gasteiger partial charge is 0.208 e. The van der Waals surface area contributed by atoms with E-state index < -0.39 is 9.84 Å². The van der Waals surface area contributed by atoms with Crippen molar-refractivity contribution in [2.24, 2.45) is 0 Å². The van der Waals surface area contributed by atoms with E-state index in [0.717, 1.165) is 26.6 Å². The number of rotatable bonds is 4. The van der Waals surface area contributed by atoms with E-state index in [0.29, 0.717) is 16.2 Å². The molecule has 0 bridgehead atoms. The van der Waals surface area contributed by atoms with Crippen LogP contribution >= 0.6 is 22.6 Å². The number of fused-ring (bicyclic) bond motifs is 1. The maximum Gasteiger partial charge on any atom is 0.208 e. The lowest BCUT2D eigenvalue weighted by Gasteiger charge is -2.07. The van der Waals surface area contributed by atoms with Gasteiger partial charge in [-0.2, -0.15) is 0 Å². The lowest BCUT2D eigenvalue weighted by Crippen LogP contribution is -2.05. The second kappa shape index (κ2) is 6.04. The summed E-state index contributed by atoms with van der Waals surface area (Å²) in [5, 5.41) is 0.767. The lowest BCUT2D eigenvalue weighted by molar-refractivity contribution is 0.596. The van der Waals surface area contributed by atoms with Crippen molar-refractivity contribution < 1.29 is 8.42 Å². The zero-order valence-corrected chi connectivity index (χ0v) is 15.1. The predicted molar refractivity (Wildman–Crippen MR) is 97.5 cm³/mol. The molecule has 0 amide bonds. The molecule has 1 aromatic heterocycles.